The molecule has 0 aromatic carbocycles. The van der Waals surface area contributed by atoms with Gasteiger partial charge < -0.3 is 19.4 Å². The summed E-state index contributed by atoms with van der Waals surface area (Å²) < 4.78 is 10.8. The van der Waals surface area contributed by atoms with Crippen molar-refractivity contribution in [1.82, 2.24) is 10.2 Å². The largest absolute Gasteiger partial charge is 0.456 e. The summed E-state index contributed by atoms with van der Waals surface area (Å²) in [4.78, 5) is 25.7. The Balaban J connectivity index is 1.77. The van der Waals surface area contributed by atoms with Crippen LogP contribution in [0, 0.1) is 5.92 Å². The first-order chi connectivity index (χ1) is 10.8. The molecule has 2 amide bonds. The molecule has 1 atom stereocenters. The van der Waals surface area contributed by atoms with Crippen LogP contribution in [-0.2, 0) is 11.2 Å². The minimum absolute atomic E-state index is 0.208. The van der Waals surface area contributed by atoms with E-state index in [1.807, 2.05) is 33.8 Å². The number of nitrogens with zero attached hydrogens (tertiary/aromatic N) is 1. The zero-order valence-corrected chi connectivity index (χ0v) is 14.3. The molecule has 0 aliphatic carbocycles. The van der Waals surface area contributed by atoms with Crippen LogP contribution in [0.2, 0.25) is 0 Å². The Hall–Kier alpha value is -1.98. The molecule has 1 fully saturated rings. The second-order valence-corrected chi connectivity index (χ2v) is 6.91. The zero-order chi connectivity index (χ0) is 17.0. The number of hydrogen-bond donors (Lipinski definition) is 1. The molecule has 1 aliphatic heterocycles. The fraction of sp³-hybridized carbons (Fsp3) is 0.647. The van der Waals surface area contributed by atoms with Crippen LogP contribution in [0.1, 0.15) is 50.4 Å². The molecule has 6 heteroatoms. The Kier molecular flexibility index (Phi) is 5.34. The molecule has 128 valence electrons. The van der Waals surface area contributed by atoms with E-state index < -0.39 is 5.60 Å². The van der Waals surface area contributed by atoms with Gasteiger partial charge in [-0.05, 0) is 45.2 Å². The summed E-state index contributed by atoms with van der Waals surface area (Å²) in [5, 5.41) is 2.87. The molecule has 1 unspecified atom stereocenters. The van der Waals surface area contributed by atoms with Crippen molar-refractivity contribution in [2.24, 2.45) is 5.92 Å². The summed E-state index contributed by atoms with van der Waals surface area (Å²) in [5.74, 6) is 1.17. The molecule has 0 spiro atoms. The molecule has 1 aromatic rings. The average Bonchev–Trinajstić information content (AvgIpc) is 3.12. The summed E-state index contributed by atoms with van der Waals surface area (Å²) in [6.07, 6.45) is 1.34. The standard InChI is InChI=1S/C17H26N2O4/c1-5-13-6-7-14(22-13)15(20)18-10-12-8-9-19(11-12)16(21)23-17(2,3)4/h6-7,12H,5,8-11H2,1-4H3,(H,18,20). The van der Waals surface area contributed by atoms with E-state index in [-0.39, 0.29) is 17.9 Å². The van der Waals surface area contributed by atoms with Crippen molar-refractivity contribution in [3.8, 4) is 0 Å². The predicted octanol–water partition coefficient (Wildman–Crippen LogP) is 2.83. The van der Waals surface area contributed by atoms with Crippen LogP contribution < -0.4 is 5.32 Å². The SMILES string of the molecule is CCc1ccc(C(=O)NCC2CCN(C(=O)OC(C)(C)C)C2)o1. The first-order valence-corrected chi connectivity index (χ1v) is 8.13. The van der Waals surface area contributed by atoms with Crippen molar-refractivity contribution in [3.63, 3.8) is 0 Å². The Morgan fingerprint density at radius 3 is 2.74 bits per heavy atom. The van der Waals surface area contributed by atoms with Crippen LogP contribution in [0.3, 0.4) is 0 Å². The monoisotopic (exact) mass is 322 g/mol. The number of furan rings is 1. The highest BCUT2D eigenvalue weighted by atomic mass is 16.6. The van der Waals surface area contributed by atoms with Crippen LogP contribution >= 0.6 is 0 Å². The lowest BCUT2D eigenvalue weighted by Gasteiger charge is -2.24. The van der Waals surface area contributed by atoms with E-state index in [0.717, 1.165) is 18.6 Å². The van der Waals surface area contributed by atoms with E-state index in [2.05, 4.69) is 5.32 Å². The summed E-state index contributed by atoms with van der Waals surface area (Å²) in [6, 6.07) is 3.50. The van der Waals surface area contributed by atoms with Crippen LogP contribution in [0.25, 0.3) is 0 Å². The quantitative estimate of drug-likeness (QED) is 0.925. The third-order valence-corrected chi connectivity index (χ3v) is 3.72. The highest BCUT2D eigenvalue weighted by Crippen LogP contribution is 2.19. The number of ether oxygens (including phenoxy) is 1. The highest BCUT2D eigenvalue weighted by molar-refractivity contribution is 5.91. The summed E-state index contributed by atoms with van der Waals surface area (Å²) in [5.41, 5.74) is -0.486. The van der Waals surface area contributed by atoms with E-state index in [1.165, 1.54) is 0 Å². The van der Waals surface area contributed by atoms with Gasteiger partial charge in [0.25, 0.3) is 5.91 Å². The van der Waals surface area contributed by atoms with E-state index >= 15 is 0 Å². The van der Waals surface area contributed by atoms with Gasteiger partial charge in [-0.2, -0.15) is 0 Å². The lowest BCUT2D eigenvalue weighted by atomic mass is 10.1. The third-order valence-electron chi connectivity index (χ3n) is 3.72. The maximum Gasteiger partial charge on any atom is 0.410 e. The molecule has 0 bridgehead atoms. The van der Waals surface area contributed by atoms with E-state index in [9.17, 15) is 9.59 Å². The van der Waals surface area contributed by atoms with Gasteiger partial charge in [-0.25, -0.2) is 4.79 Å². The van der Waals surface area contributed by atoms with E-state index in [0.29, 0.717) is 25.4 Å². The van der Waals surface area contributed by atoms with Gasteiger partial charge in [0, 0.05) is 26.1 Å². The van der Waals surface area contributed by atoms with E-state index in [1.54, 1.807) is 11.0 Å². The van der Waals surface area contributed by atoms with Crippen LogP contribution in [-0.4, -0.2) is 42.1 Å². The maximum atomic E-state index is 12.0. The lowest BCUT2D eigenvalue weighted by Crippen LogP contribution is -2.36. The number of nitrogens with one attached hydrogen (secondary N) is 1. The van der Waals surface area contributed by atoms with Crippen LogP contribution in [0.4, 0.5) is 4.79 Å². The summed E-state index contributed by atoms with van der Waals surface area (Å²) >= 11 is 0. The topological polar surface area (TPSA) is 71.8 Å². The highest BCUT2D eigenvalue weighted by Gasteiger charge is 2.30. The van der Waals surface area contributed by atoms with Gasteiger partial charge in [0.2, 0.25) is 0 Å². The Bertz CT molecular complexity index is 559. The second kappa shape index (κ2) is 7.06. The van der Waals surface area contributed by atoms with Crippen molar-refractivity contribution in [3.05, 3.63) is 23.7 Å². The molecular weight excluding hydrogens is 296 g/mol. The van der Waals surface area contributed by atoms with Crippen molar-refractivity contribution in [2.75, 3.05) is 19.6 Å². The Morgan fingerprint density at radius 1 is 1.39 bits per heavy atom. The molecule has 6 nitrogen and oxygen atoms in total. The Morgan fingerprint density at radius 2 is 2.13 bits per heavy atom. The number of hydrogen-bond acceptors (Lipinski definition) is 4. The van der Waals surface area contributed by atoms with Gasteiger partial charge in [-0.1, -0.05) is 6.92 Å². The molecular formula is C17H26N2O4. The summed E-state index contributed by atoms with van der Waals surface area (Å²) in [6.45, 7) is 9.33. The predicted molar refractivity (Wildman–Crippen MR) is 86.3 cm³/mol. The smallest absolute Gasteiger partial charge is 0.410 e. The summed E-state index contributed by atoms with van der Waals surface area (Å²) in [7, 11) is 0. The lowest BCUT2D eigenvalue weighted by molar-refractivity contribution is 0.0288. The van der Waals surface area contributed by atoms with Crippen molar-refractivity contribution < 1.29 is 18.7 Å². The molecule has 0 radical (unpaired) electrons. The van der Waals surface area contributed by atoms with Gasteiger partial charge in [0.05, 0.1) is 0 Å². The van der Waals surface area contributed by atoms with Crippen molar-refractivity contribution in [2.45, 2.75) is 46.1 Å². The fourth-order valence-electron chi connectivity index (χ4n) is 2.51. The molecule has 1 aromatic heterocycles. The van der Waals surface area contributed by atoms with Gasteiger partial charge in [-0.3, -0.25) is 4.79 Å². The Labute approximate surface area is 137 Å². The minimum atomic E-state index is -0.486. The number of carbonyl (C=O) groups is 2. The van der Waals surface area contributed by atoms with E-state index in [4.69, 9.17) is 9.15 Å². The van der Waals surface area contributed by atoms with Gasteiger partial charge in [0.1, 0.15) is 11.4 Å². The number of likely N-dealkylation sites (tertiary alicyclic amines) is 1. The van der Waals surface area contributed by atoms with Gasteiger partial charge in [0.15, 0.2) is 5.76 Å². The maximum absolute atomic E-state index is 12.0. The van der Waals surface area contributed by atoms with Crippen molar-refractivity contribution in [1.29, 1.82) is 0 Å². The number of rotatable bonds is 4. The molecule has 2 rings (SSSR count). The second-order valence-electron chi connectivity index (χ2n) is 6.91. The van der Waals surface area contributed by atoms with Crippen LogP contribution in [0.5, 0.6) is 0 Å². The molecule has 1 aliphatic rings. The van der Waals surface area contributed by atoms with Gasteiger partial charge >= 0.3 is 6.09 Å². The first kappa shape index (κ1) is 17.4. The zero-order valence-electron chi connectivity index (χ0n) is 14.3. The molecule has 0 saturated carbocycles. The van der Waals surface area contributed by atoms with Crippen LogP contribution in [0.15, 0.2) is 16.5 Å². The first-order valence-electron chi connectivity index (χ1n) is 8.13. The molecule has 2 heterocycles. The van der Waals surface area contributed by atoms with Crippen molar-refractivity contribution >= 4 is 12.0 Å². The third kappa shape index (κ3) is 5.01. The molecule has 23 heavy (non-hydrogen) atoms. The van der Waals surface area contributed by atoms with Gasteiger partial charge in [-0.15, -0.1) is 0 Å². The number of aryl methyl sites for hydroxylation is 1. The normalized spacial score (nSPS) is 18.1. The number of carbonyl (C=O) groups excluding carboxylic acids is 2. The minimum Gasteiger partial charge on any atom is -0.456 e. The fourth-order valence-corrected chi connectivity index (χ4v) is 2.51. The molecule has 1 N–H and O–H groups in total. The number of amides is 2. The average molecular weight is 322 g/mol. The molecule has 1 saturated heterocycles.